The first-order valence-electron chi connectivity index (χ1n) is 8.36. The summed E-state index contributed by atoms with van der Waals surface area (Å²) in [6.07, 6.45) is 4.46. The molecule has 1 aromatic heterocycles. The van der Waals surface area contributed by atoms with E-state index in [9.17, 15) is 4.79 Å². The molecule has 1 amide bonds. The summed E-state index contributed by atoms with van der Waals surface area (Å²) in [5.41, 5.74) is 1.21. The Balaban J connectivity index is 1.49. The molecule has 2 aromatic rings. The lowest BCUT2D eigenvalue weighted by Gasteiger charge is -2.35. The molecule has 1 N–H and O–H groups in total. The Morgan fingerprint density at radius 2 is 1.92 bits per heavy atom. The van der Waals surface area contributed by atoms with E-state index in [-0.39, 0.29) is 11.9 Å². The zero-order valence-corrected chi connectivity index (χ0v) is 14.3. The summed E-state index contributed by atoms with van der Waals surface area (Å²) >= 11 is 5.90. The number of hydrogen-bond acceptors (Lipinski definition) is 4. The fraction of sp³-hybridized carbons (Fsp3) is 0.444. The maximum Gasteiger partial charge on any atom is 0.276 e. The number of nitrogens with zero attached hydrogens (tertiary/aromatic N) is 2. The van der Waals surface area contributed by atoms with Crippen LogP contribution in [0.1, 0.15) is 36.2 Å². The van der Waals surface area contributed by atoms with Gasteiger partial charge in [-0.25, -0.2) is 0 Å². The van der Waals surface area contributed by atoms with Crippen LogP contribution in [0.15, 0.2) is 34.9 Å². The van der Waals surface area contributed by atoms with Crippen molar-refractivity contribution in [3.05, 3.63) is 41.0 Å². The van der Waals surface area contributed by atoms with E-state index in [0.717, 1.165) is 18.4 Å². The molecule has 2 aliphatic rings. The molecule has 2 atom stereocenters. The van der Waals surface area contributed by atoms with Crippen molar-refractivity contribution in [3.63, 3.8) is 0 Å². The van der Waals surface area contributed by atoms with Crippen LogP contribution < -0.4 is 5.32 Å². The lowest BCUT2D eigenvalue weighted by atomic mass is 9.98. The van der Waals surface area contributed by atoms with E-state index >= 15 is 0 Å². The molecule has 3 heterocycles. The van der Waals surface area contributed by atoms with Gasteiger partial charge in [0.2, 0.25) is 0 Å². The molecule has 2 fully saturated rings. The van der Waals surface area contributed by atoms with Crippen molar-refractivity contribution in [1.82, 2.24) is 15.4 Å². The third-order valence-electron chi connectivity index (χ3n) is 5.17. The summed E-state index contributed by atoms with van der Waals surface area (Å²) in [6.45, 7) is 0. The average Bonchev–Trinajstić information content (AvgIpc) is 3.21. The second kappa shape index (κ2) is 6.22. The minimum atomic E-state index is -0.0785. The topological polar surface area (TPSA) is 58.4 Å². The van der Waals surface area contributed by atoms with E-state index in [1.807, 2.05) is 24.1 Å². The Bertz CT molecular complexity index is 731. The number of hydrogen-bond donors (Lipinski definition) is 1. The molecule has 6 heteroatoms. The highest BCUT2D eigenvalue weighted by molar-refractivity contribution is 6.30. The van der Waals surface area contributed by atoms with Gasteiger partial charge in [0.1, 0.15) is 0 Å². The number of aromatic nitrogens is 1. The van der Waals surface area contributed by atoms with E-state index in [2.05, 4.69) is 10.5 Å². The average molecular weight is 346 g/mol. The van der Waals surface area contributed by atoms with Crippen LogP contribution in [0.4, 0.5) is 0 Å². The molecule has 0 saturated carbocycles. The molecule has 24 heavy (non-hydrogen) atoms. The van der Waals surface area contributed by atoms with Crippen molar-refractivity contribution < 1.29 is 9.32 Å². The third kappa shape index (κ3) is 2.94. The van der Waals surface area contributed by atoms with Crippen LogP contribution in [0, 0.1) is 0 Å². The Hall–Kier alpha value is -1.85. The number of amides is 1. The number of nitrogens with one attached hydrogen (secondary N) is 1. The molecule has 126 valence electrons. The number of benzene rings is 1. The number of carbonyl (C=O) groups excluding carboxylic acids is 1. The summed E-state index contributed by atoms with van der Waals surface area (Å²) < 4.78 is 5.35. The molecular formula is C18H20ClN3O2. The van der Waals surface area contributed by atoms with Crippen LogP contribution in [-0.2, 0) is 0 Å². The summed E-state index contributed by atoms with van der Waals surface area (Å²) in [6, 6.07) is 10.4. The van der Waals surface area contributed by atoms with Gasteiger partial charge >= 0.3 is 0 Å². The normalized spacial score (nSPS) is 25.7. The third-order valence-corrected chi connectivity index (χ3v) is 5.43. The van der Waals surface area contributed by atoms with Gasteiger partial charge in [-0.05, 0) is 49.9 Å². The van der Waals surface area contributed by atoms with Gasteiger partial charge in [-0.1, -0.05) is 16.8 Å². The van der Waals surface area contributed by atoms with Crippen LogP contribution in [0.2, 0.25) is 5.02 Å². The molecule has 2 unspecified atom stereocenters. The molecule has 0 radical (unpaired) electrons. The van der Waals surface area contributed by atoms with Gasteiger partial charge < -0.3 is 14.7 Å². The highest BCUT2D eigenvalue weighted by atomic mass is 35.5. The molecule has 4 rings (SSSR count). The standard InChI is InChI=1S/C18H20ClN3O2/c1-22(15-8-13-6-7-14(9-15)20-13)18(23)16-10-17(24-21-16)11-2-4-12(19)5-3-11/h2-5,10,13-15,20H,6-9H2,1H3. The zero-order chi connectivity index (χ0) is 16.7. The van der Waals surface area contributed by atoms with Gasteiger partial charge in [0.25, 0.3) is 5.91 Å². The van der Waals surface area contributed by atoms with Crippen LogP contribution in [0.3, 0.4) is 0 Å². The molecule has 5 nitrogen and oxygen atoms in total. The van der Waals surface area contributed by atoms with Gasteiger partial charge in [0.05, 0.1) is 0 Å². The minimum absolute atomic E-state index is 0.0785. The molecule has 2 saturated heterocycles. The van der Waals surface area contributed by atoms with Crippen molar-refractivity contribution in [3.8, 4) is 11.3 Å². The summed E-state index contributed by atoms with van der Waals surface area (Å²) in [5.74, 6) is 0.499. The Morgan fingerprint density at radius 1 is 1.25 bits per heavy atom. The summed E-state index contributed by atoms with van der Waals surface area (Å²) in [4.78, 5) is 14.6. The first-order valence-corrected chi connectivity index (χ1v) is 8.74. The van der Waals surface area contributed by atoms with Crippen LogP contribution in [-0.4, -0.2) is 41.1 Å². The van der Waals surface area contributed by atoms with Crippen molar-refractivity contribution >= 4 is 17.5 Å². The maximum absolute atomic E-state index is 12.7. The Labute approximate surface area is 146 Å². The predicted octanol–water partition coefficient (Wildman–Crippen LogP) is 3.35. The van der Waals surface area contributed by atoms with Crippen molar-refractivity contribution in [2.75, 3.05) is 7.05 Å². The van der Waals surface area contributed by atoms with Crippen molar-refractivity contribution in [2.45, 2.75) is 43.8 Å². The largest absolute Gasteiger partial charge is 0.355 e. The van der Waals surface area contributed by atoms with Crippen molar-refractivity contribution in [2.24, 2.45) is 0 Å². The number of piperidine rings is 1. The lowest BCUT2D eigenvalue weighted by Crippen LogP contribution is -2.48. The van der Waals surface area contributed by atoms with E-state index in [1.165, 1.54) is 12.8 Å². The highest BCUT2D eigenvalue weighted by Crippen LogP contribution is 2.30. The summed E-state index contributed by atoms with van der Waals surface area (Å²) in [5, 5.41) is 8.23. The van der Waals surface area contributed by atoms with Crippen molar-refractivity contribution in [1.29, 1.82) is 0 Å². The molecule has 2 aliphatic heterocycles. The fourth-order valence-electron chi connectivity index (χ4n) is 3.82. The van der Waals surface area contributed by atoms with E-state index in [1.54, 1.807) is 18.2 Å². The lowest BCUT2D eigenvalue weighted by molar-refractivity contribution is 0.0671. The molecule has 0 aliphatic carbocycles. The maximum atomic E-state index is 12.7. The minimum Gasteiger partial charge on any atom is -0.355 e. The van der Waals surface area contributed by atoms with E-state index in [4.69, 9.17) is 16.1 Å². The van der Waals surface area contributed by atoms with Gasteiger partial charge in [0.15, 0.2) is 11.5 Å². The van der Waals surface area contributed by atoms with Crippen LogP contribution >= 0.6 is 11.6 Å². The predicted molar refractivity (Wildman–Crippen MR) is 92.0 cm³/mol. The number of carbonyl (C=O) groups is 1. The van der Waals surface area contributed by atoms with Crippen LogP contribution in [0.5, 0.6) is 0 Å². The Kier molecular flexibility index (Phi) is 4.06. The van der Waals surface area contributed by atoms with Gasteiger partial charge in [-0.15, -0.1) is 0 Å². The smallest absolute Gasteiger partial charge is 0.276 e. The monoisotopic (exact) mass is 345 g/mol. The fourth-order valence-corrected chi connectivity index (χ4v) is 3.94. The van der Waals surface area contributed by atoms with Gasteiger partial charge in [-0.3, -0.25) is 4.79 Å². The molecule has 2 bridgehead atoms. The number of halogens is 1. The second-order valence-corrected chi connectivity index (χ2v) is 7.20. The first-order chi connectivity index (χ1) is 11.6. The number of fused-ring (bicyclic) bond motifs is 2. The quantitative estimate of drug-likeness (QED) is 0.926. The summed E-state index contributed by atoms with van der Waals surface area (Å²) in [7, 11) is 1.87. The van der Waals surface area contributed by atoms with Gasteiger partial charge in [-0.2, -0.15) is 0 Å². The van der Waals surface area contributed by atoms with Gasteiger partial charge in [0, 0.05) is 41.8 Å². The molecule has 0 spiro atoms. The second-order valence-electron chi connectivity index (χ2n) is 6.76. The molecular weight excluding hydrogens is 326 g/mol. The SMILES string of the molecule is CN(C(=O)c1cc(-c2ccc(Cl)cc2)on1)C1CC2CCC(C1)N2. The first kappa shape index (κ1) is 15.7. The van der Waals surface area contributed by atoms with E-state index < -0.39 is 0 Å². The zero-order valence-electron chi connectivity index (χ0n) is 13.5. The number of rotatable bonds is 3. The van der Waals surface area contributed by atoms with E-state index in [0.29, 0.717) is 28.6 Å². The molecule has 1 aromatic carbocycles. The Morgan fingerprint density at radius 3 is 2.58 bits per heavy atom. The van der Waals surface area contributed by atoms with Crippen LogP contribution in [0.25, 0.3) is 11.3 Å². The highest BCUT2D eigenvalue weighted by Gasteiger charge is 2.37.